The van der Waals surface area contributed by atoms with Gasteiger partial charge in [0.2, 0.25) is 0 Å². The van der Waals surface area contributed by atoms with Gasteiger partial charge in [-0.1, -0.05) is 24.3 Å². The van der Waals surface area contributed by atoms with Crippen molar-refractivity contribution >= 4 is 0 Å². The van der Waals surface area contributed by atoms with Crippen molar-refractivity contribution in [3.05, 3.63) is 48.5 Å². The highest BCUT2D eigenvalue weighted by Gasteiger charge is 2.21. The van der Waals surface area contributed by atoms with Gasteiger partial charge in [-0.05, 0) is 34.0 Å². The Balaban J connectivity index is 2.00. The second-order valence-electron chi connectivity index (χ2n) is 3.97. The third-order valence-electron chi connectivity index (χ3n) is 2.88. The van der Waals surface area contributed by atoms with Gasteiger partial charge in [0.25, 0.3) is 0 Å². The van der Waals surface area contributed by atoms with Gasteiger partial charge >= 0.3 is 0 Å². The molecule has 2 aromatic carbocycles. The minimum absolute atomic E-state index is 0.750. The smallest absolute Gasteiger partial charge is 0.147 e. The Hall–Kier alpha value is -2.56. The molecule has 1 aromatic heterocycles. The highest BCUT2D eigenvalue weighted by atomic mass is 16.8. The molecule has 3 aromatic rings. The topological polar surface area (TPSA) is 41.5 Å². The predicted molar refractivity (Wildman–Crippen MR) is 70.5 cm³/mol. The summed E-state index contributed by atoms with van der Waals surface area (Å²) >= 11 is 0. The van der Waals surface area contributed by atoms with Crippen LogP contribution in [0.1, 0.15) is 0 Å². The van der Waals surface area contributed by atoms with Crippen LogP contribution in [0.25, 0.3) is 11.4 Å². The number of aromatic nitrogens is 2. The third-order valence-corrected chi connectivity index (χ3v) is 2.88. The fraction of sp³-hybridized carbons (Fsp3) is 0.143. The molecule has 1 heterocycles. The molecular formula is C14H14N2O3. The van der Waals surface area contributed by atoms with Crippen molar-refractivity contribution in [3.8, 4) is 22.9 Å². The molecule has 0 amide bonds. The maximum atomic E-state index is 5.48. The number of para-hydroxylation sites is 4. The summed E-state index contributed by atoms with van der Waals surface area (Å²) in [6, 6.07) is 15.3. The Morgan fingerprint density at radius 2 is 1.16 bits per heavy atom. The molecule has 0 saturated heterocycles. The lowest BCUT2D eigenvalue weighted by atomic mass is 10.3. The van der Waals surface area contributed by atoms with Crippen LogP contribution >= 0.6 is 0 Å². The van der Waals surface area contributed by atoms with Crippen LogP contribution in [0, 0.1) is 0 Å². The number of hydrogen-bond acceptors (Lipinski definition) is 3. The molecule has 0 atom stereocenters. The number of nitrogens with zero attached hydrogens (tertiary/aromatic N) is 2. The van der Waals surface area contributed by atoms with Gasteiger partial charge in [0.05, 0.1) is 14.2 Å². The average molecular weight is 258 g/mol. The summed E-state index contributed by atoms with van der Waals surface area (Å²) in [5.74, 6) is 1.50. The second kappa shape index (κ2) is 4.61. The number of rotatable bonds is 4. The molecule has 3 rings (SSSR count). The van der Waals surface area contributed by atoms with E-state index < -0.39 is 0 Å². The highest BCUT2D eigenvalue weighted by molar-refractivity contribution is 5.49. The first kappa shape index (κ1) is 11.5. The lowest BCUT2D eigenvalue weighted by molar-refractivity contribution is 0.402. The number of ether oxygens (including phenoxy) is 2. The first-order chi connectivity index (χ1) is 9.35. The molecule has 5 nitrogen and oxygen atoms in total. The molecule has 0 spiro atoms. The predicted octanol–water partition coefficient (Wildman–Crippen LogP) is 2.88. The van der Waals surface area contributed by atoms with Crippen molar-refractivity contribution in [2.24, 2.45) is 0 Å². The van der Waals surface area contributed by atoms with Crippen molar-refractivity contribution < 1.29 is 14.1 Å². The van der Waals surface area contributed by atoms with E-state index in [4.69, 9.17) is 14.1 Å². The first-order valence-corrected chi connectivity index (χ1v) is 5.89. The third kappa shape index (κ3) is 1.99. The van der Waals surface area contributed by atoms with E-state index in [1.165, 1.54) is 0 Å². The van der Waals surface area contributed by atoms with Crippen molar-refractivity contribution in [1.29, 1.82) is 0 Å². The molecule has 0 aliphatic rings. The van der Waals surface area contributed by atoms with Gasteiger partial charge in [-0.15, -0.1) is 0 Å². The van der Waals surface area contributed by atoms with Gasteiger partial charge in [0.15, 0.2) is 0 Å². The lowest BCUT2D eigenvalue weighted by Crippen LogP contribution is -1.97. The fourth-order valence-electron chi connectivity index (χ4n) is 1.92. The molecule has 0 N–H and O–H groups in total. The van der Waals surface area contributed by atoms with Gasteiger partial charge < -0.3 is 9.47 Å². The van der Waals surface area contributed by atoms with Gasteiger partial charge in [-0.2, -0.15) is 0 Å². The quantitative estimate of drug-likeness (QED) is 0.722. The van der Waals surface area contributed by atoms with Crippen LogP contribution in [0.15, 0.2) is 53.2 Å². The molecule has 0 aliphatic carbocycles. The van der Waals surface area contributed by atoms with Crippen molar-refractivity contribution in [1.82, 2.24) is 9.71 Å². The normalized spacial score (nSPS) is 10.6. The first-order valence-electron chi connectivity index (χ1n) is 5.89. The lowest BCUT2D eigenvalue weighted by Gasteiger charge is -2.03. The molecular weight excluding hydrogens is 244 g/mol. The SMILES string of the molecule is COc1ccccc1-n1on1-c1ccccc1OC. The molecule has 19 heavy (non-hydrogen) atoms. The Labute approximate surface area is 110 Å². The van der Waals surface area contributed by atoms with Crippen LogP contribution in [0.2, 0.25) is 0 Å². The van der Waals surface area contributed by atoms with E-state index in [0.717, 1.165) is 22.9 Å². The molecule has 0 unspecified atom stereocenters. The summed E-state index contributed by atoms with van der Waals surface area (Å²) in [4.78, 5) is 3.30. The summed E-state index contributed by atoms with van der Waals surface area (Å²) in [5, 5.41) is 0. The standard InChI is InChI=1S/C14H14N2O3/c1-17-13-9-5-3-7-11(13)15-16(19-15)12-8-4-6-10-14(12)18-2/h3-10H,1-2H3. The van der Waals surface area contributed by atoms with E-state index in [0.29, 0.717) is 0 Å². The fourth-order valence-corrected chi connectivity index (χ4v) is 1.92. The Morgan fingerprint density at radius 3 is 1.58 bits per heavy atom. The van der Waals surface area contributed by atoms with E-state index in [1.807, 2.05) is 48.5 Å². The average Bonchev–Trinajstić information content (AvgIpc) is 3.27. The zero-order valence-corrected chi connectivity index (χ0v) is 10.7. The molecule has 0 fully saturated rings. The Kier molecular flexibility index (Phi) is 2.79. The van der Waals surface area contributed by atoms with Crippen LogP contribution in [0.3, 0.4) is 0 Å². The minimum atomic E-state index is 0.750. The van der Waals surface area contributed by atoms with E-state index in [2.05, 4.69) is 0 Å². The maximum Gasteiger partial charge on any atom is 0.147 e. The van der Waals surface area contributed by atoms with Crippen LogP contribution < -0.4 is 9.47 Å². The van der Waals surface area contributed by atoms with E-state index >= 15 is 0 Å². The van der Waals surface area contributed by atoms with Crippen molar-refractivity contribution in [3.63, 3.8) is 0 Å². The number of hydrogen-bond donors (Lipinski definition) is 0. The summed E-state index contributed by atoms with van der Waals surface area (Å²) in [5.41, 5.74) is 1.69. The van der Waals surface area contributed by atoms with Gasteiger partial charge in [0.1, 0.15) is 22.9 Å². The molecule has 0 saturated carbocycles. The van der Waals surface area contributed by atoms with E-state index in [9.17, 15) is 0 Å². The van der Waals surface area contributed by atoms with Crippen molar-refractivity contribution in [2.75, 3.05) is 14.2 Å². The van der Waals surface area contributed by atoms with Gasteiger partial charge in [-0.25, -0.2) is 4.63 Å². The zero-order chi connectivity index (χ0) is 13.2. The van der Waals surface area contributed by atoms with Crippen LogP contribution in [0.4, 0.5) is 0 Å². The van der Waals surface area contributed by atoms with Gasteiger partial charge in [0, 0.05) is 0 Å². The van der Waals surface area contributed by atoms with E-state index in [-0.39, 0.29) is 0 Å². The van der Waals surface area contributed by atoms with E-state index in [1.54, 1.807) is 23.9 Å². The van der Waals surface area contributed by atoms with Crippen LogP contribution in [-0.2, 0) is 0 Å². The number of methoxy groups -OCH3 is 2. The molecule has 5 heteroatoms. The molecule has 0 aliphatic heterocycles. The van der Waals surface area contributed by atoms with Crippen molar-refractivity contribution in [2.45, 2.75) is 0 Å². The van der Waals surface area contributed by atoms with Crippen LogP contribution in [0.5, 0.6) is 11.5 Å². The molecule has 0 bridgehead atoms. The van der Waals surface area contributed by atoms with Gasteiger partial charge in [-0.3, -0.25) is 0 Å². The molecule has 98 valence electrons. The monoisotopic (exact) mass is 258 g/mol. The highest BCUT2D eigenvalue weighted by Crippen LogP contribution is 2.30. The number of benzene rings is 2. The summed E-state index contributed by atoms with van der Waals surface area (Å²) in [6.07, 6.45) is 0. The second-order valence-corrected chi connectivity index (χ2v) is 3.97. The minimum Gasteiger partial charge on any atom is -0.494 e. The summed E-state index contributed by atoms with van der Waals surface area (Å²) < 4.78 is 16.1. The Morgan fingerprint density at radius 1 is 0.737 bits per heavy atom. The zero-order valence-electron chi connectivity index (χ0n) is 10.7. The maximum absolute atomic E-state index is 5.48. The summed E-state index contributed by atoms with van der Waals surface area (Å²) in [7, 11) is 3.27. The Bertz CT molecular complexity index is 621. The molecule has 0 radical (unpaired) electrons. The summed E-state index contributed by atoms with van der Waals surface area (Å²) in [6.45, 7) is 0. The van der Waals surface area contributed by atoms with Crippen LogP contribution in [-0.4, -0.2) is 23.9 Å². The largest absolute Gasteiger partial charge is 0.494 e.